The summed E-state index contributed by atoms with van der Waals surface area (Å²) in [7, 11) is 0. The molecule has 0 aliphatic heterocycles. The van der Waals surface area contributed by atoms with Crippen LogP contribution in [-0.2, 0) is 0 Å². The number of aryl methyl sites for hydroxylation is 1. The molecule has 2 heterocycles. The average molecular weight is 352 g/mol. The molecule has 0 bridgehead atoms. The number of nitrogens with zero attached hydrogens (tertiary/aromatic N) is 4. The summed E-state index contributed by atoms with van der Waals surface area (Å²) in [5.74, 6) is 0.673. The van der Waals surface area contributed by atoms with Gasteiger partial charge in [0.15, 0.2) is 5.82 Å². The van der Waals surface area contributed by atoms with Crippen molar-refractivity contribution in [1.29, 1.82) is 0 Å². The molecular formula is C20H24N4O2. The largest absolute Gasteiger partial charge is 0.472 e. The SMILES string of the molecule is CCCN(CCC)C(=O)c1nc(-c2ccoc2)n(-c2ccc(C)cc2)n1. The summed E-state index contributed by atoms with van der Waals surface area (Å²) >= 11 is 0. The van der Waals surface area contributed by atoms with Crippen molar-refractivity contribution in [3.63, 3.8) is 0 Å². The van der Waals surface area contributed by atoms with Crippen LogP contribution in [0.5, 0.6) is 0 Å². The summed E-state index contributed by atoms with van der Waals surface area (Å²) in [4.78, 5) is 19.3. The Morgan fingerprint density at radius 1 is 1.12 bits per heavy atom. The molecule has 6 nitrogen and oxygen atoms in total. The molecule has 0 aliphatic rings. The fraction of sp³-hybridized carbons (Fsp3) is 0.350. The molecule has 0 atom stereocenters. The molecule has 1 amide bonds. The average Bonchev–Trinajstić information content (AvgIpc) is 3.31. The first kappa shape index (κ1) is 17.9. The van der Waals surface area contributed by atoms with E-state index < -0.39 is 0 Å². The van der Waals surface area contributed by atoms with Crippen LogP contribution in [0.15, 0.2) is 47.3 Å². The predicted octanol–water partition coefficient (Wildman–Crippen LogP) is 4.10. The van der Waals surface area contributed by atoms with Crippen molar-refractivity contribution in [2.45, 2.75) is 33.6 Å². The zero-order valence-corrected chi connectivity index (χ0v) is 15.5. The lowest BCUT2D eigenvalue weighted by Gasteiger charge is -2.19. The highest BCUT2D eigenvalue weighted by Crippen LogP contribution is 2.22. The molecule has 6 heteroatoms. The van der Waals surface area contributed by atoms with E-state index in [1.165, 1.54) is 0 Å². The van der Waals surface area contributed by atoms with Gasteiger partial charge >= 0.3 is 0 Å². The standard InChI is InChI=1S/C20H24N4O2/c1-4-11-23(12-5-2)20(25)18-21-19(16-10-13-26-14-16)24(22-18)17-8-6-15(3)7-9-17/h6-10,13-14H,4-5,11-12H2,1-3H3. The van der Waals surface area contributed by atoms with Gasteiger partial charge in [0.25, 0.3) is 5.91 Å². The number of rotatable bonds is 7. The molecule has 3 aromatic rings. The lowest BCUT2D eigenvalue weighted by Crippen LogP contribution is -2.33. The van der Waals surface area contributed by atoms with Crippen molar-refractivity contribution in [3.8, 4) is 17.1 Å². The minimum Gasteiger partial charge on any atom is -0.472 e. The Labute approximate surface area is 153 Å². The highest BCUT2D eigenvalue weighted by molar-refractivity contribution is 5.91. The van der Waals surface area contributed by atoms with Crippen molar-refractivity contribution in [2.24, 2.45) is 0 Å². The van der Waals surface area contributed by atoms with E-state index in [1.54, 1.807) is 17.2 Å². The molecule has 1 aromatic carbocycles. The Hall–Kier alpha value is -2.89. The Morgan fingerprint density at radius 3 is 2.38 bits per heavy atom. The van der Waals surface area contributed by atoms with Crippen LogP contribution in [0, 0.1) is 6.92 Å². The maximum Gasteiger partial charge on any atom is 0.293 e. The molecule has 0 N–H and O–H groups in total. The van der Waals surface area contributed by atoms with E-state index in [-0.39, 0.29) is 11.7 Å². The van der Waals surface area contributed by atoms with E-state index in [0.717, 1.165) is 29.7 Å². The van der Waals surface area contributed by atoms with Gasteiger partial charge in [0.1, 0.15) is 6.26 Å². The Morgan fingerprint density at radius 2 is 1.81 bits per heavy atom. The van der Waals surface area contributed by atoms with Gasteiger partial charge in [-0.05, 0) is 38.0 Å². The number of carbonyl (C=O) groups excluding carboxylic acids is 1. The third kappa shape index (κ3) is 3.69. The van der Waals surface area contributed by atoms with E-state index in [1.807, 2.05) is 42.2 Å². The van der Waals surface area contributed by atoms with Gasteiger partial charge in [-0.15, -0.1) is 5.10 Å². The number of benzene rings is 1. The zero-order chi connectivity index (χ0) is 18.5. The van der Waals surface area contributed by atoms with Crippen LogP contribution in [-0.4, -0.2) is 38.7 Å². The number of amides is 1. The second-order valence-electron chi connectivity index (χ2n) is 6.31. The molecule has 0 saturated carbocycles. The van der Waals surface area contributed by atoms with Crippen LogP contribution in [0.2, 0.25) is 0 Å². The first-order valence-corrected chi connectivity index (χ1v) is 9.00. The van der Waals surface area contributed by atoms with Crippen LogP contribution >= 0.6 is 0 Å². The molecule has 0 spiro atoms. The summed E-state index contributed by atoms with van der Waals surface area (Å²) in [6, 6.07) is 9.78. The van der Waals surface area contributed by atoms with Crippen molar-refractivity contribution in [1.82, 2.24) is 19.7 Å². The second kappa shape index (κ2) is 7.99. The lowest BCUT2D eigenvalue weighted by atomic mass is 10.2. The predicted molar refractivity (Wildman–Crippen MR) is 100 cm³/mol. The van der Waals surface area contributed by atoms with Crippen LogP contribution < -0.4 is 0 Å². The van der Waals surface area contributed by atoms with E-state index in [9.17, 15) is 4.79 Å². The molecular weight excluding hydrogens is 328 g/mol. The first-order valence-electron chi connectivity index (χ1n) is 9.00. The summed E-state index contributed by atoms with van der Waals surface area (Å²) in [6.45, 7) is 7.56. The Balaban J connectivity index is 2.04. The van der Waals surface area contributed by atoms with Gasteiger partial charge in [0, 0.05) is 13.1 Å². The zero-order valence-electron chi connectivity index (χ0n) is 15.5. The molecule has 0 fully saturated rings. The van der Waals surface area contributed by atoms with Gasteiger partial charge in [-0.3, -0.25) is 4.79 Å². The third-order valence-corrected chi connectivity index (χ3v) is 4.13. The summed E-state index contributed by atoms with van der Waals surface area (Å²) in [6.07, 6.45) is 5.00. The van der Waals surface area contributed by atoms with Crippen LogP contribution in [0.4, 0.5) is 0 Å². The summed E-state index contributed by atoms with van der Waals surface area (Å²) in [5.41, 5.74) is 2.80. The molecule has 2 aromatic heterocycles. The minimum atomic E-state index is -0.135. The van der Waals surface area contributed by atoms with Gasteiger partial charge in [-0.2, -0.15) is 0 Å². The molecule has 136 valence electrons. The van der Waals surface area contributed by atoms with Gasteiger partial charge < -0.3 is 9.32 Å². The normalized spacial score (nSPS) is 10.9. The van der Waals surface area contributed by atoms with E-state index >= 15 is 0 Å². The van der Waals surface area contributed by atoms with Gasteiger partial charge in [-0.25, -0.2) is 9.67 Å². The van der Waals surface area contributed by atoms with Crippen molar-refractivity contribution < 1.29 is 9.21 Å². The second-order valence-corrected chi connectivity index (χ2v) is 6.31. The van der Waals surface area contributed by atoms with Crippen LogP contribution in [0.1, 0.15) is 42.9 Å². The van der Waals surface area contributed by atoms with Crippen molar-refractivity contribution in [3.05, 3.63) is 54.2 Å². The van der Waals surface area contributed by atoms with Crippen molar-refractivity contribution in [2.75, 3.05) is 13.1 Å². The van der Waals surface area contributed by atoms with E-state index in [0.29, 0.717) is 18.9 Å². The van der Waals surface area contributed by atoms with Gasteiger partial charge in [-0.1, -0.05) is 31.5 Å². The molecule has 26 heavy (non-hydrogen) atoms. The number of aromatic nitrogens is 3. The topological polar surface area (TPSA) is 64.2 Å². The highest BCUT2D eigenvalue weighted by Gasteiger charge is 2.23. The summed E-state index contributed by atoms with van der Waals surface area (Å²) < 4.78 is 6.90. The maximum absolute atomic E-state index is 12.9. The monoisotopic (exact) mass is 352 g/mol. The third-order valence-electron chi connectivity index (χ3n) is 4.13. The number of carbonyl (C=O) groups is 1. The van der Waals surface area contributed by atoms with Crippen LogP contribution in [0.3, 0.4) is 0 Å². The number of furan rings is 1. The van der Waals surface area contributed by atoms with E-state index in [2.05, 4.69) is 23.9 Å². The minimum absolute atomic E-state index is 0.135. The van der Waals surface area contributed by atoms with Gasteiger partial charge in [0.05, 0.1) is 17.5 Å². The highest BCUT2D eigenvalue weighted by atomic mass is 16.3. The molecule has 0 saturated heterocycles. The quantitative estimate of drug-likeness (QED) is 0.642. The Kier molecular flexibility index (Phi) is 5.51. The smallest absolute Gasteiger partial charge is 0.293 e. The number of hydrogen-bond donors (Lipinski definition) is 0. The fourth-order valence-corrected chi connectivity index (χ4v) is 2.84. The molecule has 3 rings (SSSR count). The fourth-order valence-electron chi connectivity index (χ4n) is 2.84. The number of hydrogen-bond acceptors (Lipinski definition) is 4. The molecule has 0 aliphatic carbocycles. The van der Waals surface area contributed by atoms with Crippen molar-refractivity contribution >= 4 is 5.91 Å². The summed E-state index contributed by atoms with van der Waals surface area (Å²) in [5, 5.41) is 4.52. The van der Waals surface area contributed by atoms with Gasteiger partial charge in [0.2, 0.25) is 5.82 Å². The Bertz CT molecular complexity index is 845. The molecule has 0 radical (unpaired) electrons. The van der Waals surface area contributed by atoms with E-state index in [4.69, 9.17) is 4.42 Å². The van der Waals surface area contributed by atoms with Crippen LogP contribution in [0.25, 0.3) is 17.1 Å². The molecule has 0 unspecified atom stereocenters. The lowest BCUT2D eigenvalue weighted by molar-refractivity contribution is 0.0743. The maximum atomic E-state index is 12.9. The first-order chi connectivity index (χ1) is 12.6.